The number of methoxy groups -OCH3 is 1. The first-order valence-electron chi connectivity index (χ1n) is 7.33. The second-order valence-electron chi connectivity index (χ2n) is 5.29. The van der Waals surface area contributed by atoms with Crippen molar-refractivity contribution in [3.05, 3.63) is 0 Å². The van der Waals surface area contributed by atoms with E-state index < -0.39 is 0 Å². The van der Waals surface area contributed by atoms with Gasteiger partial charge in [-0.25, -0.2) is 0 Å². The van der Waals surface area contributed by atoms with Crippen LogP contribution in [0.4, 0.5) is 0 Å². The van der Waals surface area contributed by atoms with Crippen molar-refractivity contribution in [1.29, 1.82) is 0 Å². The molecule has 0 spiro atoms. The monoisotopic (exact) mass is 254 g/mol. The van der Waals surface area contributed by atoms with Gasteiger partial charge in [0, 0.05) is 18.8 Å². The Labute approximate surface area is 110 Å². The van der Waals surface area contributed by atoms with Crippen LogP contribution in [-0.2, 0) is 14.3 Å². The molecule has 1 aliphatic carbocycles. The minimum absolute atomic E-state index is 0.211. The van der Waals surface area contributed by atoms with E-state index in [1.807, 2.05) is 0 Å². The van der Waals surface area contributed by atoms with Crippen molar-refractivity contribution in [3.8, 4) is 0 Å². The summed E-state index contributed by atoms with van der Waals surface area (Å²) in [6.07, 6.45) is 11.2. The maximum Gasteiger partial charge on any atom is 0.305 e. The van der Waals surface area contributed by atoms with E-state index in [1.165, 1.54) is 45.6 Å². The average molecular weight is 254 g/mol. The number of ketones is 1. The molecule has 0 aromatic rings. The number of esters is 1. The third-order valence-electron chi connectivity index (χ3n) is 3.84. The van der Waals surface area contributed by atoms with Gasteiger partial charge in [-0.05, 0) is 19.3 Å². The summed E-state index contributed by atoms with van der Waals surface area (Å²) in [7, 11) is 1.39. The van der Waals surface area contributed by atoms with Crippen LogP contribution >= 0.6 is 0 Å². The molecule has 0 amide bonds. The Balaban J connectivity index is 2.26. The van der Waals surface area contributed by atoms with Crippen LogP contribution in [0.3, 0.4) is 0 Å². The van der Waals surface area contributed by atoms with Gasteiger partial charge in [0.25, 0.3) is 0 Å². The summed E-state index contributed by atoms with van der Waals surface area (Å²) in [6.45, 7) is 0. The maximum absolute atomic E-state index is 12.1. The van der Waals surface area contributed by atoms with Crippen molar-refractivity contribution in [2.24, 2.45) is 5.92 Å². The van der Waals surface area contributed by atoms with Gasteiger partial charge in [0.05, 0.1) is 7.11 Å². The summed E-state index contributed by atoms with van der Waals surface area (Å²) in [6, 6.07) is 0. The molecule has 0 bridgehead atoms. The molecule has 1 fully saturated rings. The lowest BCUT2D eigenvalue weighted by molar-refractivity contribution is -0.140. The van der Waals surface area contributed by atoms with E-state index in [4.69, 9.17) is 0 Å². The smallest absolute Gasteiger partial charge is 0.305 e. The van der Waals surface area contributed by atoms with Crippen molar-refractivity contribution >= 4 is 11.8 Å². The Morgan fingerprint density at radius 1 is 0.944 bits per heavy atom. The number of carbonyl (C=O) groups is 2. The van der Waals surface area contributed by atoms with Crippen LogP contribution in [0, 0.1) is 5.92 Å². The molecule has 0 radical (unpaired) electrons. The summed E-state index contributed by atoms with van der Waals surface area (Å²) in [5.74, 6) is 0.402. The second kappa shape index (κ2) is 9.12. The summed E-state index contributed by atoms with van der Waals surface area (Å²) in [5, 5.41) is 0. The van der Waals surface area contributed by atoms with E-state index in [-0.39, 0.29) is 11.9 Å². The minimum atomic E-state index is -0.211. The third-order valence-corrected chi connectivity index (χ3v) is 3.84. The van der Waals surface area contributed by atoms with Gasteiger partial charge in [0.2, 0.25) is 0 Å². The van der Waals surface area contributed by atoms with Crippen LogP contribution in [0.25, 0.3) is 0 Å². The molecule has 0 atom stereocenters. The zero-order valence-corrected chi connectivity index (χ0v) is 11.6. The standard InChI is InChI=1S/C15H26O3/c1-18-15(17)12-8-11-14(16)13-9-6-4-2-3-5-7-10-13/h13H,2-12H2,1H3. The molecule has 18 heavy (non-hydrogen) atoms. The summed E-state index contributed by atoms with van der Waals surface area (Å²) in [4.78, 5) is 23.1. The van der Waals surface area contributed by atoms with Gasteiger partial charge in [-0.2, -0.15) is 0 Å². The SMILES string of the molecule is COC(=O)CCCC(=O)C1CCCCCCCC1. The highest BCUT2D eigenvalue weighted by molar-refractivity contribution is 5.81. The summed E-state index contributed by atoms with van der Waals surface area (Å²) < 4.78 is 4.58. The van der Waals surface area contributed by atoms with E-state index >= 15 is 0 Å². The highest BCUT2D eigenvalue weighted by atomic mass is 16.5. The van der Waals surface area contributed by atoms with Gasteiger partial charge >= 0.3 is 5.97 Å². The number of hydrogen-bond donors (Lipinski definition) is 0. The molecule has 3 nitrogen and oxygen atoms in total. The Morgan fingerprint density at radius 3 is 2.06 bits per heavy atom. The highest BCUT2D eigenvalue weighted by Gasteiger charge is 2.18. The van der Waals surface area contributed by atoms with Crippen molar-refractivity contribution < 1.29 is 14.3 Å². The first-order chi connectivity index (χ1) is 8.74. The van der Waals surface area contributed by atoms with Crippen LogP contribution < -0.4 is 0 Å². The number of Topliss-reactive ketones (excluding diaryl/α,β-unsaturated/α-hetero) is 1. The number of rotatable bonds is 5. The zero-order valence-electron chi connectivity index (χ0n) is 11.6. The van der Waals surface area contributed by atoms with Crippen LogP contribution in [0.15, 0.2) is 0 Å². The van der Waals surface area contributed by atoms with Crippen molar-refractivity contribution in [1.82, 2.24) is 0 Å². The Hall–Kier alpha value is -0.860. The van der Waals surface area contributed by atoms with Gasteiger partial charge in [-0.1, -0.05) is 38.5 Å². The molecule has 1 aliphatic rings. The van der Waals surface area contributed by atoms with Gasteiger partial charge in [-0.3, -0.25) is 9.59 Å². The lowest BCUT2D eigenvalue weighted by Crippen LogP contribution is -2.15. The van der Waals surface area contributed by atoms with Crippen LogP contribution in [0.5, 0.6) is 0 Å². The van der Waals surface area contributed by atoms with E-state index in [9.17, 15) is 9.59 Å². The fourth-order valence-corrected chi connectivity index (χ4v) is 2.67. The molecule has 0 aliphatic heterocycles. The van der Waals surface area contributed by atoms with E-state index in [1.54, 1.807) is 0 Å². The van der Waals surface area contributed by atoms with Crippen LogP contribution in [-0.4, -0.2) is 18.9 Å². The molecular formula is C15H26O3. The Kier molecular flexibility index (Phi) is 7.70. The topological polar surface area (TPSA) is 43.4 Å². The quantitative estimate of drug-likeness (QED) is 0.703. The van der Waals surface area contributed by atoms with Gasteiger partial charge in [-0.15, -0.1) is 0 Å². The Bertz CT molecular complexity index is 250. The number of ether oxygens (including phenoxy) is 1. The first kappa shape index (κ1) is 15.2. The molecule has 3 heteroatoms. The molecule has 0 saturated heterocycles. The highest BCUT2D eigenvalue weighted by Crippen LogP contribution is 2.24. The molecule has 0 aromatic carbocycles. The van der Waals surface area contributed by atoms with E-state index in [0.29, 0.717) is 25.0 Å². The fourth-order valence-electron chi connectivity index (χ4n) is 2.67. The van der Waals surface area contributed by atoms with Crippen molar-refractivity contribution in [2.75, 3.05) is 7.11 Å². The largest absolute Gasteiger partial charge is 0.469 e. The molecule has 1 saturated carbocycles. The number of carbonyl (C=O) groups excluding carboxylic acids is 2. The first-order valence-corrected chi connectivity index (χ1v) is 7.33. The lowest BCUT2D eigenvalue weighted by atomic mass is 9.90. The molecule has 1 rings (SSSR count). The maximum atomic E-state index is 12.1. The summed E-state index contributed by atoms with van der Waals surface area (Å²) in [5.41, 5.74) is 0. The predicted octanol–water partition coefficient (Wildman–Crippen LogP) is 3.65. The third kappa shape index (κ3) is 6.18. The lowest BCUT2D eigenvalue weighted by Gasteiger charge is -2.14. The molecule has 0 N–H and O–H groups in total. The number of hydrogen-bond acceptors (Lipinski definition) is 3. The van der Waals surface area contributed by atoms with Crippen molar-refractivity contribution in [2.45, 2.75) is 70.6 Å². The minimum Gasteiger partial charge on any atom is -0.469 e. The summed E-state index contributed by atoms with van der Waals surface area (Å²) >= 11 is 0. The van der Waals surface area contributed by atoms with E-state index in [0.717, 1.165) is 12.8 Å². The van der Waals surface area contributed by atoms with E-state index in [2.05, 4.69) is 4.74 Å². The van der Waals surface area contributed by atoms with Gasteiger partial charge in [0.15, 0.2) is 0 Å². The molecule has 104 valence electrons. The molecule has 0 heterocycles. The van der Waals surface area contributed by atoms with Crippen molar-refractivity contribution in [3.63, 3.8) is 0 Å². The van der Waals surface area contributed by atoms with Gasteiger partial charge < -0.3 is 4.74 Å². The van der Waals surface area contributed by atoms with Crippen LogP contribution in [0.1, 0.15) is 70.6 Å². The molecular weight excluding hydrogens is 228 g/mol. The normalized spacial score (nSPS) is 18.5. The van der Waals surface area contributed by atoms with Gasteiger partial charge in [0.1, 0.15) is 5.78 Å². The fraction of sp³-hybridized carbons (Fsp3) is 0.867. The predicted molar refractivity (Wildman–Crippen MR) is 71.3 cm³/mol. The Morgan fingerprint density at radius 2 is 1.50 bits per heavy atom. The average Bonchev–Trinajstić information content (AvgIpc) is 2.51. The van der Waals surface area contributed by atoms with Crippen LogP contribution in [0.2, 0.25) is 0 Å². The zero-order chi connectivity index (χ0) is 13.2. The molecule has 0 aromatic heterocycles. The molecule has 0 unspecified atom stereocenters. The second-order valence-corrected chi connectivity index (χ2v) is 5.29.